The SMILES string of the molecule is CCOCC(=O)N1CCOCC1C(=O)NC(C)C. The molecule has 18 heavy (non-hydrogen) atoms. The van der Waals surface area contributed by atoms with Gasteiger partial charge in [0.1, 0.15) is 12.6 Å². The molecule has 0 bridgehead atoms. The maximum atomic E-state index is 12.0. The zero-order valence-electron chi connectivity index (χ0n) is 11.3. The molecule has 104 valence electrons. The number of amides is 2. The Bertz CT molecular complexity index is 294. The summed E-state index contributed by atoms with van der Waals surface area (Å²) in [5.74, 6) is -0.335. The van der Waals surface area contributed by atoms with Crippen molar-refractivity contribution in [2.45, 2.75) is 32.9 Å². The normalized spacial score (nSPS) is 20.0. The van der Waals surface area contributed by atoms with Crippen LogP contribution in [-0.4, -0.2) is 61.8 Å². The molecule has 1 unspecified atom stereocenters. The molecular weight excluding hydrogens is 236 g/mol. The molecule has 0 spiro atoms. The van der Waals surface area contributed by atoms with Gasteiger partial charge in [-0.25, -0.2) is 0 Å². The molecule has 0 aromatic rings. The lowest BCUT2D eigenvalue weighted by atomic mass is 10.2. The Balaban J connectivity index is 2.61. The van der Waals surface area contributed by atoms with Crippen LogP contribution in [0.3, 0.4) is 0 Å². The lowest BCUT2D eigenvalue weighted by Crippen LogP contribution is -2.57. The molecule has 1 aliphatic rings. The van der Waals surface area contributed by atoms with Crippen molar-refractivity contribution >= 4 is 11.8 Å². The van der Waals surface area contributed by atoms with E-state index in [9.17, 15) is 9.59 Å². The van der Waals surface area contributed by atoms with Gasteiger partial charge in [-0.05, 0) is 20.8 Å². The second-order valence-corrected chi connectivity index (χ2v) is 4.48. The Hall–Kier alpha value is -1.14. The quantitative estimate of drug-likeness (QED) is 0.740. The predicted octanol–water partition coefficient (Wildman–Crippen LogP) is -0.225. The minimum atomic E-state index is -0.547. The fraction of sp³-hybridized carbons (Fsp3) is 0.833. The van der Waals surface area contributed by atoms with Gasteiger partial charge >= 0.3 is 0 Å². The first-order valence-corrected chi connectivity index (χ1v) is 6.31. The van der Waals surface area contributed by atoms with Crippen LogP contribution in [0, 0.1) is 0 Å². The Morgan fingerprint density at radius 2 is 2.22 bits per heavy atom. The van der Waals surface area contributed by atoms with Crippen LogP contribution < -0.4 is 5.32 Å². The molecule has 1 fully saturated rings. The summed E-state index contributed by atoms with van der Waals surface area (Å²) in [5.41, 5.74) is 0. The minimum Gasteiger partial charge on any atom is -0.377 e. The topological polar surface area (TPSA) is 67.9 Å². The lowest BCUT2D eigenvalue weighted by molar-refractivity contribution is -0.151. The summed E-state index contributed by atoms with van der Waals surface area (Å²) >= 11 is 0. The highest BCUT2D eigenvalue weighted by Gasteiger charge is 2.32. The van der Waals surface area contributed by atoms with Crippen molar-refractivity contribution < 1.29 is 19.1 Å². The molecule has 1 rings (SSSR count). The Morgan fingerprint density at radius 1 is 1.50 bits per heavy atom. The number of carbonyl (C=O) groups is 2. The summed E-state index contributed by atoms with van der Waals surface area (Å²) in [7, 11) is 0. The van der Waals surface area contributed by atoms with Gasteiger partial charge in [0.05, 0.1) is 13.2 Å². The van der Waals surface area contributed by atoms with Crippen LogP contribution in [0.15, 0.2) is 0 Å². The van der Waals surface area contributed by atoms with Crippen molar-refractivity contribution in [3.05, 3.63) is 0 Å². The van der Waals surface area contributed by atoms with E-state index in [0.29, 0.717) is 19.8 Å². The number of hydrogen-bond donors (Lipinski definition) is 1. The Kier molecular flexibility index (Phi) is 6.07. The van der Waals surface area contributed by atoms with Gasteiger partial charge in [-0.1, -0.05) is 0 Å². The summed E-state index contributed by atoms with van der Waals surface area (Å²) < 4.78 is 10.4. The van der Waals surface area contributed by atoms with E-state index in [1.165, 1.54) is 4.90 Å². The number of carbonyl (C=O) groups excluding carboxylic acids is 2. The van der Waals surface area contributed by atoms with Gasteiger partial charge in [0.2, 0.25) is 11.8 Å². The first-order valence-electron chi connectivity index (χ1n) is 6.31. The first-order chi connectivity index (χ1) is 8.56. The standard InChI is InChI=1S/C12H22N2O4/c1-4-17-8-11(15)14-5-6-18-7-10(14)12(16)13-9(2)3/h9-10H,4-8H2,1-3H3,(H,13,16). The molecule has 1 aliphatic heterocycles. The zero-order valence-corrected chi connectivity index (χ0v) is 11.3. The smallest absolute Gasteiger partial charge is 0.249 e. The van der Waals surface area contributed by atoms with Gasteiger partial charge in [0.15, 0.2) is 0 Å². The third-order valence-corrected chi connectivity index (χ3v) is 2.61. The van der Waals surface area contributed by atoms with Crippen molar-refractivity contribution in [3.63, 3.8) is 0 Å². The molecular formula is C12H22N2O4. The fourth-order valence-corrected chi connectivity index (χ4v) is 1.77. The molecule has 0 aromatic heterocycles. The van der Waals surface area contributed by atoms with E-state index >= 15 is 0 Å². The molecule has 6 nitrogen and oxygen atoms in total. The monoisotopic (exact) mass is 258 g/mol. The van der Waals surface area contributed by atoms with E-state index < -0.39 is 6.04 Å². The van der Waals surface area contributed by atoms with Crippen LogP contribution in [0.4, 0.5) is 0 Å². The second-order valence-electron chi connectivity index (χ2n) is 4.48. The molecule has 0 radical (unpaired) electrons. The van der Waals surface area contributed by atoms with Crippen molar-refractivity contribution in [2.75, 3.05) is 33.0 Å². The molecule has 6 heteroatoms. The number of rotatable bonds is 5. The minimum absolute atomic E-state index is 0.0158. The number of ether oxygens (including phenoxy) is 2. The third kappa shape index (κ3) is 4.27. The van der Waals surface area contributed by atoms with Crippen molar-refractivity contribution in [1.82, 2.24) is 10.2 Å². The van der Waals surface area contributed by atoms with E-state index in [1.807, 2.05) is 20.8 Å². The van der Waals surface area contributed by atoms with Crippen LogP contribution in [0.5, 0.6) is 0 Å². The van der Waals surface area contributed by atoms with Crippen molar-refractivity contribution in [2.24, 2.45) is 0 Å². The highest BCUT2D eigenvalue weighted by Crippen LogP contribution is 2.08. The van der Waals surface area contributed by atoms with Gasteiger partial charge in [0, 0.05) is 19.2 Å². The molecule has 0 aliphatic carbocycles. The molecule has 1 N–H and O–H groups in total. The van der Waals surface area contributed by atoms with Crippen LogP contribution in [0.1, 0.15) is 20.8 Å². The fourth-order valence-electron chi connectivity index (χ4n) is 1.77. The number of nitrogens with zero attached hydrogens (tertiary/aromatic N) is 1. The average Bonchev–Trinajstić information content (AvgIpc) is 2.35. The van der Waals surface area contributed by atoms with Crippen LogP contribution in [0.25, 0.3) is 0 Å². The summed E-state index contributed by atoms with van der Waals surface area (Å²) in [4.78, 5) is 25.4. The highest BCUT2D eigenvalue weighted by molar-refractivity contribution is 5.88. The second kappa shape index (κ2) is 7.33. The Labute approximate surface area is 108 Å². The first kappa shape index (κ1) is 14.9. The number of hydrogen-bond acceptors (Lipinski definition) is 4. The molecule has 0 saturated carbocycles. The molecule has 1 heterocycles. The van der Waals surface area contributed by atoms with Gasteiger partial charge in [-0.2, -0.15) is 0 Å². The van der Waals surface area contributed by atoms with E-state index in [4.69, 9.17) is 9.47 Å². The summed E-state index contributed by atoms with van der Waals surface area (Å²) in [6.45, 7) is 7.24. The van der Waals surface area contributed by atoms with Crippen molar-refractivity contribution in [1.29, 1.82) is 0 Å². The zero-order chi connectivity index (χ0) is 13.5. The average molecular weight is 258 g/mol. The van der Waals surface area contributed by atoms with E-state index in [1.54, 1.807) is 0 Å². The third-order valence-electron chi connectivity index (χ3n) is 2.61. The van der Waals surface area contributed by atoms with Crippen LogP contribution in [0.2, 0.25) is 0 Å². The lowest BCUT2D eigenvalue weighted by Gasteiger charge is -2.34. The van der Waals surface area contributed by atoms with E-state index in [0.717, 1.165) is 0 Å². The predicted molar refractivity (Wildman–Crippen MR) is 66.1 cm³/mol. The van der Waals surface area contributed by atoms with Crippen LogP contribution >= 0.6 is 0 Å². The van der Waals surface area contributed by atoms with Gasteiger partial charge in [-0.3, -0.25) is 9.59 Å². The van der Waals surface area contributed by atoms with E-state index in [2.05, 4.69) is 5.32 Å². The molecule has 1 atom stereocenters. The molecule has 1 saturated heterocycles. The van der Waals surface area contributed by atoms with Crippen LogP contribution in [-0.2, 0) is 19.1 Å². The summed E-state index contributed by atoms with van der Waals surface area (Å²) in [6.07, 6.45) is 0. The maximum absolute atomic E-state index is 12.0. The van der Waals surface area contributed by atoms with Gasteiger partial charge in [-0.15, -0.1) is 0 Å². The number of morpholine rings is 1. The van der Waals surface area contributed by atoms with Crippen molar-refractivity contribution in [3.8, 4) is 0 Å². The summed E-state index contributed by atoms with van der Waals surface area (Å²) in [6, 6.07) is -0.502. The van der Waals surface area contributed by atoms with Gasteiger partial charge < -0.3 is 19.7 Å². The molecule has 2 amide bonds. The summed E-state index contributed by atoms with van der Waals surface area (Å²) in [5, 5.41) is 2.80. The number of nitrogens with one attached hydrogen (secondary N) is 1. The van der Waals surface area contributed by atoms with Gasteiger partial charge in [0.25, 0.3) is 0 Å². The van der Waals surface area contributed by atoms with E-state index in [-0.39, 0.29) is 31.1 Å². The maximum Gasteiger partial charge on any atom is 0.249 e. The Morgan fingerprint density at radius 3 is 2.83 bits per heavy atom. The highest BCUT2D eigenvalue weighted by atomic mass is 16.5. The largest absolute Gasteiger partial charge is 0.377 e. The molecule has 0 aromatic carbocycles.